The summed E-state index contributed by atoms with van der Waals surface area (Å²) in [7, 11) is 1.48. The van der Waals surface area contributed by atoms with Gasteiger partial charge in [-0.3, -0.25) is 4.79 Å². The number of aryl methyl sites for hydroxylation is 1. The Morgan fingerprint density at radius 2 is 2.13 bits per heavy atom. The van der Waals surface area contributed by atoms with Gasteiger partial charge in [0.1, 0.15) is 16.7 Å². The van der Waals surface area contributed by atoms with E-state index >= 15 is 0 Å². The molecule has 0 radical (unpaired) electrons. The second-order valence-corrected chi connectivity index (χ2v) is 5.86. The van der Waals surface area contributed by atoms with E-state index in [1.807, 2.05) is 31.2 Å². The molecule has 122 valence electrons. The van der Waals surface area contributed by atoms with Crippen LogP contribution in [0.5, 0.6) is 0 Å². The summed E-state index contributed by atoms with van der Waals surface area (Å²) in [6, 6.07) is 6.77. The minimum Gasteiger partial charge on any atom is -0.480 e. The molecule has 23 heavy (non-hydrogen) atoms. The van der Waals surface area contributed by atoms with Gasteiger partial charge < -0.3 is 15.2 Å². The number of methoxy groups -OCH3 is 1. The Balaban J connectivity index is 2.12. The maximum Gasteiger partial charge on any atom is 0.326 e. The van der Waals surface area contributed by atoms with Crippen LogP contribution < -0.4 is 5.32 Å². The highest BCUT2D eigenvalue weighted by Crippen LogP contribution is 2.26. The molecule has 7 heteroatoms. The number of carboxylic acids is 1. The third kappa shape index (κ3) is 4.37. The number of aromatic nitrogens is 1. The monoisotopic (exact) mass is 334 g/mol. The predicted molar refractivity (Wildman–Crippen MR) is 87.7 cm³/mol. The molecule has 1 atom stereocenters. The molecule has 1 unspecified atom stereocenters. The number of nitrogens with one attached hydrogen (secondary N) is 1. The van der Waals surface area contributed by atoms with Crippen LogP contribution in [-0.4, -0.2) is 41.7 Å². The fourth-order valence-electron chi connectivity index (χ4n) is 2.04. The van der Waals surface area contributed by atoms with Crippen LogP contribution in [0.25, 0.3) is 10.6 Å². The molecule has 0 saturated heterocycles. The van der Waals surface area contributed by atoms with Crippen LogP contribution in [0.1, 0.15) is 22.5 Å². The molecule has 0 bridgehead atoms. The van der Waals surface area contributed by atoms with Crippen molar-refractivity contribution < 1.29 is 19.4 Å². The van der Waals surface area contributed by atoms with Gasteiger partial charge in [0.05, 0.1) is 0 Å². The zero-order chi connectivity index (χ0) is 16.8. The third-order valence-electron chi connectivity index (χ3n) is 3.33. The van der Waals surface area contributed by atoms with Crippen molar-refractivity contribution in [2.75, 3.05) is 13.7 Å². The third-order valence-corrected chi connectivity index (χ3v) is 4.20. The molecule has 0 aliphatic heterocycles. The number of rotatable bonds is 7. The summed E-state index contributed by atoms with van der Waals surface area (Å²) in [6.07, 6.45) is 0.201. The van der Waals surface area contributed by atoms with E-state index in [2.05, 4.69) is 10.3 Å². The van der Waals surface area contributed by atoms with Crippen LogP contribution in [0.15, 0.2) is 29.6 Å². The number of amides is 1. The lowest BCUT2D eigenvalue weighted by molar-refractivity contribution is -0.139. The number of thiazole rings is 1. The van der Waals surface area contributed by atoms with Crippen LogP contribution in [-0.2, 0) is 9.53 Å². The molecule has 0 aliphatic carbocycles. The van der Waals surface area contributed by atoms with Gasteiger partial charge in [-0.1, -0.05) is 24.3 Å². The first-order valence-corrected chi connectivity index (χ1v) is 7.95. The first kappa shape index (κ1) is 17.1. The molecule has 6 nitrogen and oxygen atoms in total. The summed E-state index contributed by atoms with van der Waals surface area (Å²) in [5, 5.41) is 14.0. The van der Waals surface area contributed by atoms with Gasteiger partial charge in [0.2, 0.25) is 0 Å². The van der Waals surface area contributed by atoms with Gasteiger partial charge in [-0.15, -0.1) is 11.3 Å². The van der Waals surface area contributed by atoms with E-state index in [9.17, 15) is 9.59 Å². The number of aliphatic carboxylic acids is 1. The molecular formula is C16H18N2O4S. The molecule has 1 aromatic heterocycles. The van der Waals surface area contributed by atoms with Crippen molar-refractivity contribution >= 4 is 23.2 Å². The molecule has 0 aliphatic rings. The van der Waals surface area contributed by atoms with Crippen molar-refractivity contribution in [2.24, 2.45) is 0 Å². The molecule has 1 heterocycles. The van der Waals surface area contributed by atoms with E-state index in [0.717, 1.165) is 16.1 Å². The minimum atomic E-state index is -1.09. The van der Waals surface area contributed by atoms with Crippen molar-refractivity contribution in [3.63, 3.8) is 0 Å². The highest BCUT2D eigenvalue weighted by atomic mass is 32.1. The smallest absolute Gasteiger partial charge is 0.326 e. The van der Waals surface area contributed by atoms with Crippen LogP contribution in [0, 0.1) is 6.92 Å². The van der Waals surface area contributed by atoms with Gasteiger partial charge in [-0.25, -0.2) is 9.78 Å². The topological polar surface area (TPSA) is 88.5 Å². The Hall–Kier alpha value is -2.25. The van der Waals surface area contributed by atoms with Crippen LogP contribution >= 0.6 is 11.3 Å². The van der Waals surface area contributed by atoms with Crippen LogP contribution in [0.3, 0.4) is 0 Å². The normalized spacial score (nSPS) is 11.9. The van der Waals surface area contributed by atoms with Gasteiger partial charge >= 0.3 is 5.97 Å². The highest BCUT2D eigenvalue weighted by molar-refractivity contribution is 7.13. The van der Waals surface area contributed by atoms with Crippen molar-refractivity contribution in [3.8, 4) is 10.6 Å². The standard InChI is InChI=1S/C16H18N2O4S/c1-10-5-3-4-6-11(10)15-18-13(9-23-15)14(19)17-12(16(20)21)7-8-22-2/h3-6,9,12H,7-8H2,1-2H3,(H,17,19)(H,20,21). The average Bonchev–Trinajstić information content (AvgIpc) is 3.01. The Morgan fingerprint density at radius 3 is 2.78 bits per heavy atom. The lowest BCUT2D eigenvalue weighted by atomic mass is 10.1. The molecule has 0 saturated carbocycles. The fraction of sp³-hybridized carbons (Fsp3) is 0.312. The van der Waals surface area contributed by atoms with E-state index in [0.29, 0.717) is 0 Å². The Kier molecular flexibility index (Phi) is 5.84. The molecule has 1 amide bonds. The van der Waals surface area contributed by atoms with Gasteiger partial charge in [0, 0.05) is 31.1 Å². The molecule has 1 aromatic carbocycles. The average molecular weight is 334 g/mol. The van der Waals surface area contributed by atoms with Gasteiger partial charge in [0.15, 0.2) is 0 Å². The van der Waals surface area contributed by atoms with Crippen molar-refractivity contribution in [1.29, 1.82) is 0 Å². The van der Waals surface area contributed by atoms with Gasteiger partial charge in [-0.05, 0) is 12.5 Å². The number of carbonyl (C=O) groups is 2. The lowest BCUT2D eigenvalue weighted by Gasteiger charge is -2.12. The molecule has 0 spiro atoms. The van der Waals surface area contributed by atoms with Crippen molar-refractivity contribution in [1.82, 2.24) is 10.3 Å². The molecule has 2 rings (SSSR count). The number of benzene rings is 1. The Bertz CT molecular complexity index is 699. The van der Waals surface area contributed by atoms with Gasteiger partial charge in [-0.2, -0.15) is 0 Å². The number of hydrogen-bond acceptors (Lipinski definition) is 5. The first-order chi connectivity index (χ1) is 11.0. The lowest BCUT2D eigenvalue weighted by Crippen LogP contribution is -2.41. The quantitative estimate of drug-likeness (QED) is 0.811. The zero-order valence-electron chi connectivity index (χ0n) is 12.9. The minimum absolute atomic E-state index is 0.201. The molecule has 2 aromatic rings. The number of ether oxygens (including phenoxy) is 1. The molecule has 0 fully saturated rings. The van der Waals surface area contributed by atoms with E-state index in [-0.39, 0.29) is 18.7 Å². The number of carboxylic acid groups (broad SMARTS) is 1. The second kappa shape index (κ2) is 7.85. The van der Waals surface area contributed by atoms with E-state index in [4.69, 9.17) is 9.84 Å². The summed E-state index contributed by atoms with van der Waals surface area (Å²) in [5.41, 5.74) is 2.25. The summed E-state index contributed by atoms with van der Waals surface area (Å²) in [5.74, 6) is -1.59. The Morgan fingerprint density at radius 1 is 1.39 bits per heavy atom. The largest absolute Gasteiger partial charge is 0.480 e. The van der Waals surface area contributed by atoms with E-state index < -0.39 is 17.9 Å². The van der Waals surface area contributed by atoms with Crippen molar-refractivity contribution in [3.05, 3.63) is 40.9 Å². The van der Waals surface area contributed by atoms with E-state index in [1.54, 1.807) is 5.38 Å². The summed E-state index contributed by atoms with van der Waals surface area (Å²) >= 11 is 1.35. The Labute approximate surface area is 138 Å². The maximum atomic E-state index is 12.2. The fourth-order valence-corrected chi connectivity index (χ4v) is 2.93. The number of nitrogens with zero attached hydrogens (tertiary/aromatic N) is 1. The second-order valence-electron chi connectivity index (χ2n) is 5.00. The van der Waals surface area contributed by atoms with E-state index in [1.165, 1.54) is 18.4 Å². The SMILES string of the molecule is COCCC(NC(=O)c1csc(-c2ccccc2C)n1)C(=O)O. The maximum absolute atomic E-state index is 12.2. The predicted octanol–water partition coefficient (Wildman–Crippen LogP) is 2.34. The molecular weight excluding hydrogens is 316 g/mol. The van der Waals surface area contributed by atoms with Gasteiger partial charge in [0.25, 0.3) is 5.91 Å². The summed E-state index contributed by atoms with van der Waals surface area (Å²) in [6.45, 7) is 2.23. The summed E-state index contributed by atoms with van der Waals surface area (Å²) in [4.78, 5) is 27.7. The molecule has 2 N–H and O–H groups in total. The van der Waals surface area contributed by atoms with Crippen molar-refractivity contribution in [2.45, 2.75) is 19.4 Å². The van der Waals surface area contributed by atoms with Crippen LogP contribution in [0.2, 0.25) is 0 Å². The first-order valence-electron chi connectivity index (χ1n) is 7.07. The number of carbonyl (C=O) groups excluding carboxylic acids is 1. The van der Waals surface area contributed by atoms with Crippen LogP contribution in [0.4, 0.5) is 0 Å². The summed E-state index contributed by atoms with van der Waals surface area (Å²) < 4.78 is 4.86. The number of hydrogen-bond donors (Lipinski definition) is 2. The highest BCUT2D eigenvalue weighted by Gasteiger charge is 2.22. The zero-order valence-corrected chi connectivity index (χ0v) is 13.7.